The van der Waals surface area contributed by atoms with E-state index in [1.165, 1.54) is 38.8 Å². The first-order chi connectivity index (χ1) is 12.9. The molecule has 1 amide bonds. The van der Waals surface area contributed by atoms with E-state index in [-0.39, 0.29) is 23.8 Å². The van der Waals surface area contributed by atoms with Crippen molar-refractivity contribution in [2.75, 3.05) is 12.3 Å². The van der Waals surface area contributed by atoms with Crippen molar-refractivity contribution in [2.45, 2.75) is 19.0 Å². The number of amides is 1. The minimum atomic E-state index is -0.186. The summed E-state index contributed by atoms with van der Waals surface area (Å²) >= 11 is 2.66. The fourth-order valence-electron chi connectivity index (χ4n) is 2.63. The molecule has 0 saturated heterocycles. The molecule has 27 heavy (non-hydrogen) atoms. The SMILES string of the molecule is C#CCNC(=O)CSc1nc2scc(-c3ccc(C)c(C)c3)c2c(=O)n1C. The monoisotopic (exact) mass is 397 g/mol. The maximum Gasteiger partial charge on any atom is 0.263 e. The molecule has 0 radical (unpaired) electrons. The van der Waals surface area contributed by atoms with Crippen LogP contribution in [0.2, 0.25) is 0 Å². The summed E-state index contributed by atoms with van der Waals surface area (Å²) in [6, 6.07) is 6.18. The molecule has 2 aromatic heterocycles. The van der Waals surface area contributed by atoms with E-state index in [9.17, 15) is 9.59 Å². The first-order valence-corrected chi connectivity index (χ1v) is 10.2. The largest absolute Gasteiger partial charge is 0.344 e. The van der Waals surface area contributed by atoms with E-state index >= 15 is 0 Å². The molecule has 0 aliphatic heterocycles. The lowest BCUT2D eigenvalue weighted by Crippen LogP contribution is -2.26. The molecule has 0 saturated carbocycles. The van der Waals surface area contributed by atoms with Gasteiger partial charge in [-0.2, -0.15) is 0 Å². The third-order valence-corrected chi connectivity index (χ3v) is 6.21. The second-order valence-corrected chi connectivity index (χ2v) is 7.96. The third-order valence-electron chi connectivity index (χ3n) is 4.31. The van der Waals surface area contributed by atoms with Crippen LogP contribution in [0.5, 0.6) is 0 Å². The Morgan fingerprint density at radius 1 is 1.37 bits per heavy atom. The van der Waals surface area contributed by atoms with Crippen molar-refractivity contribution in [3.05, 3.63) is 45.1 Å². The minimum absolute atomic E-state index is 0.110. The Labute approximate surface area is 165 Å². The van der Waals surface area contributed by atoms with E-state index in [4.69, 9.17) is 6.42 Å². The second kappa shape index (κ2) is 7.99. The van der Waals surface area contributed by atoms with Crippen molar-refractivity contribution >= 4 is 39.2 Å². The molecule has 0 unspecified atom stereocenters. The molecular formula is C20H19N3O2S2. The highest BCUT2D eigenvalue weighted by molar-refractivity contribution is 7.99. The normalized spacial score (nSPS) is 10.7. The molecule has 7 heteroatoms. The highest BCUT2D eigenvalue weighted by Gasteiger charge is 2.16. The molecule has 1 aromatic carbocycles. The van der Waals surface area contributed by atoms with Crippen molar-refractivity contribution in [2.24, 2.45) is 7.05 Å². The number of hydrogen-bond donors (Lipinski definition) is 1. The van der Waals surface area contributed by atoms with Gasteiger partial charge in [0.2, 0.25) is 5.91 Å². The number of hydrogen-bond acceptors (Lipinski definition) is 5. The van der Waals surface area contributed by atoms with Gasteiger partial charge in [0.15, 0.2) is 5.16 Å². The first-order valence-electron chi connectivity index (χ1n) is 8.31. The molecule has 3 aromatic rings. The fraction of sp³-hybridized carbons (Fsp3) is 0.250. The maximum absolute atomic E-state index is 13.0. The number of aryl methyl sites for hydroxylation is 2. The van der Waals surface area contributed by atoms with Gasteiger partial charge >= 0.3 is 0 Å². The highest BCUT2D eigenvalue weighted by Crippen LogP contribution is 2.32. The van der Waals surface area contributed by atoms with Crippen LogP contribution in [0.4, 0.5) is 0 Å². The van der Waals surface area contributed by atoms with E-state index in [0.717, 1.165) is 11.1 Å². The Hall–Kier alpha value is -2.56. The molecule has 0 spiro atoms. The van der Waals surface area contributed by atoms with Gasteiger partial charge in [-0.1, -0.05) is 35.9 Å². The molecule has 3 rings (SSSR count). The molecule has 0 fully saturated rings. The van der Waals surface area contributed by atoms with Crippen molar-refractivity contribution in [1.29, 1.82) is 0 Å². The summed E-state index contributed by atoms with van der Waals surface area (Å²) in [6.07, 6.45) is 5.13. The molecular weight excluding hydrogens is 378 g/mol. The summed E-state index contributed by atoms with van der Waals surface area (Å²) in [4.78, 5) is 30.0. The van der Waals surface area contributed by atoms with Crippen LogP contribution in [-0.4, -0.2) is 27.8 Å². The number of fused-ring (bicyclic) bond motifs is 1. The number of thioether (sulfide) groups is 1. The van der Waals surface area contributed by atoms with E-state index < -0.39 is 0 Å². The van der Waals surface area contributed by atoms with Crippen LogP contribution in [-0.2, 0) is 11.8 Å². The lowest BCUT2D eigenvalue weighted by Gasteiger charge is -2.08. The fourth-order valence-corrected chi connectivity index (χ4v) is 4.42. The summed E-state index contributed by atoms with van der Waals surface area (Å²) in [6.45, 7) is 4.31. The van der Waals surface area contributed by atoms with Crippen LogP contribution < -0.4 is 10.9 Å². The standard InChI is InChI=1S/C20H19N3O2S2/c1-5-8-21-16(24)11-27-20-22-18-17(19(25)23(20)4)15(10-26-18)14-7-6-12(2)13(3)9-14/h1,6-7,9-10H,8,11H2,2-4H3,(H,21,24). The first kappa shape index (κ1) is 19.2. The zero-order valence-corrected chi connectivity index (χ0v) is 17.0. The molecule has 1 N–H and O–H groups in total. The third kappa shape index (κ3) is 3.92. The quantitative estimate of drug-likeness (QED) is 0.408. The van der Waals surface area contributed by atoms with Gasteiger partial charge in [0.05, 0.1) is 17.7 Å². The van der Waals surface area contributed by atoms with Gasteiger partial charge in [-0.25, -0.2) is 4.98 Å². The van der Waals surface area contributed by atoms with Crippen LogP contribution >= 0.6 is 23.1 Å². The van der Waals surface area contributed by atoms with Gasteiger partial charge in [-0.05, 0) is 30.5 Å². The predicted octanol–water partition coefficient (Wildman–Crippen LogP) is 3.12. The van der Waals surface area contributed by atoms with E-state index in [1.54, 1.807) is 7.05 Å². The predicted molar refractivity (Wildman–Crippen MR) is 112 cm³/mol. The van der Waals surface area contributed by atoms with Gasteiger partial charge in [0, 0.05) is 18.0 Å². The van der Waals surface area contributed by atoms with Crippen LogP contribution in [0.3, 0.4) is 0 Å². The smallest absolute Gasteiger partial charge is 0.263 e. The lowest BCUT2D eigenvalue weighted by atomic mass is 10.0. The number of carbonyl (C=O) groups excluding carboxylic acids is 1. The molecule has 138 valence electrons. The Kier molecular flexibility index (Phi) is 5.68. The Morgan fingerprint density at radius 2 is 2.15 bits per heavy atom. The second-order valence-electron chi connectivity index (χ2n) is 6.16. The number of nitrogens with one attached hydrogen (secondary N) is 1. The van der Waals surface area contributed by atoms with Crippen molar-refractivity contribution < 1.29 is 4.79 Å². The Balaban J connectivity index is 1.97. The molecule has 2 heterocycles. The number of terminal acetylenes is 1. The molecule has 0 aliphatic rings. The maximum atomic E-state index is 13.0. The summed E-state index contributed by atoms with van der Waals surface area (Å²) in [5.74, 6) is 2.33. The molecule has 0 aliphatic carbocycles. The topological polar surface area (TPSA) is 64.0 Å². The van der Waals surface area contributed by atoms with Crippen LogP contribution in [0.1, 0.15) is 11.1 Å². The number of aromatic nitrogens is 2. The van der Waals surface area contributed by atoms with Gasteiger partial charge in [-0.3, -0.25) is 14.2 Å². The lowest BCUT2D eigenvalue weighted by molar-refractivity contribution is -0.118. The van der Waals surface area contributed by atoms with E-state index in [2.05, 4.69) is 42.2 Å². The zero-order valence-electron chi connectivity index (χ0n) is 15.3. The van der Waals surface area contributed by atoms with Crippen molar-refractivity contribution in [1.82, 2.24) is 14.9 Å². The van der Waals surface area contributed by atoms with E-state index in [0.29, 0.717) is 15.4 Å². The number of rotatable bonds is 5. The molecule has 0 atom stereocenters. The summed E-state index contributed by atoms with van der Waals surface area (Å²) in [5.41, 5.74) is 4.20. The van der Waals surface area contributed by atoms with Crippen molar-refractivity contribution in [3.8, 4) is 23.5 Å². The van der Waals surface area contributed by atoms with Crippen LogP contribution in [0.25, 0.3) is 21.3 Å². The zero-order chi connectivity index (χ0) is 19.6. The van der Waals surface area contributed by atoms with Gasteiger partial charge in [0.25, 0.3) is 5.56 Å². The number of thiophene rings is 1. The number of benzene rings is 1. The van der Waals surface area contributed by atoms with E-state index in [1.807, 2.05) is 11.4 Å². The van der Waals surface area contributed by atoms with Crippen LogP contribution in [0, 0.1) is 26.2 Å². The summed E-state index contributed by atoms with van der Waals surface area (Å²) < 4.78 is 1.50. The van der Waals surface area contributed by atoms with Crippen LogP contribution in [0.15, 0.2) is 33.5 Å². The highest BCUT2D eigenvalue weighted by atomic mass is 32.2. The van der Waals surface area contributed by atoms with Gasteiger partial charge in [0.1, 0.15) is 4.83 Å². The van der Waals surface area contributed by atoms with Gasteiger partial charge in [-0.15, -0.1) is 17.8 Å². The molecule has 5 nitrogen and oxygen atoms in total. The average Bonchev–Trinajstić information content (AvgIpc) is 3.08. The van der Waals surface area contributed by atoms with Crippen molar-refractivity contribution in [3.63, 3.8) is 0 Å². The summed E-state index contributed by atoms with van der Waals surface area (Å²) in [7, 11) is 1.68. The Morgan fingerprint density at radius 3 is 2.85 bits per heavy atom. The minimum Gasteiger partial charge on any atom is -0.344 e. The number of nitrogens with zero attached hydrogens (tertiary/aromatic N) is 2. The number of carbonyl (C=O) groups is 1. The molecule has 0 bridgehead atoms. The van der Waals surface area contributed by atoms with Gasteiger partial charge < -0.3 is 5.32 Å². The average molecular weight is 398 g/mol. The summed E-state index contributed by atoms with van der Waals surface area (Å²) in [5, 5.41) is 5.70. The Bertz CT molecular complexity index is 1120.